The predicted molar refractivity (Wildman–Crippen MR) is 162 cm³/mol. The second-order valence-corrected chi connectivity index (χ2v) is 12.3. The Kier molecular flexibility index (Phi) is 6.45. The van der Waals surface area contributed by atoms with Crippen molar-refractivity contribution in [3.05, 3.63) is 48.3 Å². The first-order valence-corrected chi connectivity index (χ1v) is 15.5. The van der Waals surface area contributed by atoms with E-state index < -0.39 is 5.54 Å². The highest BCUT2D eigenvalue weighted by Gasteiger charge is 2.59. The van der Waals surface area contributed by atoms with Crippen molar-refractivity contribution in [2.75, 3.05) is 50.8 Å². The molecule has 1 saturated carbocycles. The van der Waals surface area contributed by atoms with E-state index >= 15 is 0 Å². The number of imidazole rings is 1. The Morgan fingerprint density at radius 2 is 1.82 bits per heavy atom. The standard InChI is InChI=1S/C32H35N9O3/c1-20-33-17-23(18-34-20)28-37-27-26(35-19-36-29(27)38(28)2)22-6-7-25-24(16-22)32(8-3-9-41(32)30(42)21-4-5-21)31(43)40(25)11-10-39-12-14-44-15-13-39/h6-7,16-19,21H,3-5,8-15H2,1-2H3/t32-/m1/s1. The maximum Gasteiger partial charge on any atom is 0.257 e. The van der Waals surface area contributed by atoms with E-state index in [1.54, 1.807) is 18.7 Å². The highest BCUT2D eigenvalue weighted by molar-refractivity contribution is 6.10. The van der Waals surface area contributed by atoms with Crippen LogP contribution in [0.15, 0.2) is 36.9 Å². The molecule has 1 atom stereocenters. The Morgan fingerprint density at radius 1 is 1.02 bits per heavy atom. The molecule has 0 radical (unpaired) electrons. The molecule has 0 unspecified atom stereocenters. The van der Waals surface area contributed by atoms with Crippen molar-refractivity contribution < 1.29 is 14.3 Å². The Morgan fingerprint density at radius 3 is 2.59 bits per heavy atom. The molecular formula is C32H35N9O3. The summed E-state index contributed by atoms with van der Waals surface area (Å²) in [7, 11) is 1.92. The number of carbonyl (C=O) groups excluding carboxylic acids is 2. The summed E-state index contributed by atoms with van der Waals surface area (Å²) >= 11 is 0. The predicted octanol–water partition coefficient (Wildman–Crippen LogP) is 2.70. The molecule has 44 heavy (non-hydrogen) atoms. The lowest BCUT2D eigenvalue weighted by atomic mass is 9.86. The summed E-state index contributed by atoms with van der Waals surface area (Å²) in [6.07, 6.45) is 8.30. The van der Waals surface area contributed by atoms with Gasteiger partial charge in [-0.05, 0) is 44.7 Å². The molecule has 0 N–H and O–H groups in total. The molecule has 0 bridgehead atoms. The van der Waals surface area contributed by atoms with Crippen LogP contribution in [0, 0.1) is 12.8 Å². The minimum absolute atomic E-state index is 0.0109. The van der Waals surface area contributed by atoms with E-state index in [0.717, 1.165) is 61.3 Å². The van der Waals surface area contributed by atoms with Gasteiger partial charge in [0.25, 0.3) is 5.91 Å². The molecule has 2 amide bonds. The number of rotatable bonds is 6. The number of anilines is 1. The lowest BCUT2D eigenvalue weighted by molar-refractivity contribution is -0.144. The first kappa shape index (κ1) is 27.3. The number of fused-ring (bicyclic) bond motifs is 3. The van der Waals surface area contributed by atoms with Crippen LogP contribution in [0.25, 0.3) is 33.8 Å². The number of carbonyl (C=O) groups is 2. The van der Waals surface area contributed by atoms with E-state index in [0.29, 0.717) is 61.2 Å². The van der Waals surface area contributed by atoms with Gasteiger partial charge in [-0.1, -0.05) is 6.07 Å². The van der Waals surface area contributed by atoms with Gasteiger partial charge in [0.15, 0.2) is 5.65 Å². The topological polar surface area (TPSA) is 122 Å². The molecule has 6 heterocycles. The number of nitrogens with zero attached hydrogens (tertiary/aromatic N) is 9. The second kappa shape index (κ2) is 10.4. The Labute approximate surface area is 255 Å². The fraction of sp³-hybridized carbons (Fsp3) is 0.469. The fourth-order valence-electron chi connectivity index (χ4n) is 7.13. The van der Waals surface area contributed by atoms with E-state index in [1.165, 1.54) is 0 Å². The monoisotopic (exact) mass is 593 g/mol. The summed E-state index contributed by atoms with van der Waals surface area (Å²) < 4.78 is 7.45. The number of benzene rings is 1. The summed E-state index contributed by atoms with van der Waals surface area (Å²) in [5.74, 6) is 1.54. The van der Waals surface area contributed by atoms with Crippen LogP contribution in [-0.4, -0.2) is 97.0 Å². The summed E-state index contributed by atoms with van der Waals surface area (Å²) in [6.45, 7) is 6.91. The van der Waals surface area contributed by atoms with Crippen LogP contribution >= 0.6 is 0 Å². The Bertz CT molecular complexity index is 1780. The molecule has 3 aromatic heterocycles. The van der Waals surface area contributed by atoms with Crippen LogP contribution in [0.3, 0.4) is 0 Å². The quantitative estimate of drug-likeness (QED) is 0.332. The molecule has 3 fully saturated rings. The first-order chi connectivity index (χ1) is 21.5. The molecule has 1 aliphatic carbocycles. The molecule has 2 saturated heterocycles. The second-order valence-electron chi connectivity index (χ2n) is 12.3. The molecule has 4 aromatic rings. The third kappa shape index (κ3) is 4.22. The zero-order valence-corrected chi connectivity index (χ0v) is 25.1. The molecular weight excluding hydrogens is 558 g/mol. The van der Waals surface area contributed by atoms with Crippen LogP contribution in [0.1, 0.15) is 37.1 Å². The van der Waals surface area contributed by atoms with Gasteiger partial charge in [-0.3, -0.25) is 14.5 Å². The molecule has 3 aliphatic heterocycles. The molecule has 12 nitrogen and oxygen atoms in total. The van der Waals surface area contributed by atoms with E-state index in [2.05, 4.69) is 25.9 Å². The number of aromatic nitrogens is 6. The minimum atomic E-state index is -0.989. The van der Waals surface area contributed by atoms with E-state index in [9.17, 15) is 9.59 Å². The van der Waals surface area contributed by atoms with Crippen molar-refractivity contribution >= 4 is 28.7 Å². The maximum atomic E-state index is 14.5. The summed E-state index contributed by atoms with van der Waals surface area (Å²) in [4.78, 5) is 57.2. The van der Waals surface area contributed by atoms with Crippen LogP contribution < -0.4 is 4.90 Å². The van der Waals surface area contributed by atoms with Crippen molar-refractivity contribution in [3.8, 4) is 22.6 Å². The zero-order valence-electron chi connectivity index (χ0n) is 25.1. The van der Waals surface area contributed by atoms with Gasteiger partial charge in [0.1, 0.15) is 34.7 Å². The van der Waals surface area contributed by atoms with E-state index in [1.807, 2.05) is 40.5 Å². The van der Waals surface area contributed by atoms with Crippen LogP contribution in [0.2, 0.25) is 0 Å². The van der Waals surface area contributed by atoms with E-state index in [4.69, 9.17) is 14.7 Å². The van der Waals surface area contributed by atoms with E-state index in [-0.39, 0.29) is 17.7 Å². The van der Waals surface area contributed by atoms with Gasteiger partial charge in [-0.15, -0.1) is 0 Å². The van der Waals surface area contributed by atoms with Crippen LogP contribution in [0.5, 0.6) is 0 Å². The maximum absolute atomic E-state index is 14.5. The highest BCUT2D eigenvalue weighted by atomic mass is 16.5. The number of likely N-dealkylation sites (tertiary alicyclic amines) is 1. The molecule has 4 aliphatic rings. The first-order valence-electron chi connectivity index (χ1n) is 15.5. The van der Waals surface area contributed by atoms with Gasteiger partial charge in [0.05, 0.1) is 18.8 Å². The number of morpholine rings is 1. The normalized spacial score (nSPS) is 22.0. The number of amides is 2. The Hall–Kier alpha value is -4.29. The minimum Gasteiger partial charge on any atom is -0.379 e. The fourth-order valence-corrected chi connectivity index (χ4v) is 7.13. The van der Waals surface area contributed by atoms with Crippen molar-refractivity contribution in [1.82, 2.24) is 39.3 Å². The number of ether oxygens (including phenoxy) is 1. The summed E-state index contributed by atoms with van der Waals surface area (Å²) in [5, 5.41) is 0. The molecule has 1 aromatic carbocycles. The average Bonchev–Trinajstić information content (AvgIpc) is 3.66. The zero-order chi connectivity index (χ0) is 30.0. The summed E-state index contributed by atoms with van der Waals surface area (Å²) in [6, 6.07) is 6.12. The number of hydrogen-bond donors (Lipinski definition) is 0. The van der Waals surface area contributed by atoms with Crippen molar-refractivity contribution in [1.29, 1.82) is 0 Å². The number of aryl methyl sites for hydroxylation is 2. The van der Waals surface area contributed by atoms with Gasteiger partial charge < -0.3 is 19.1 Å². The third-order valence-corrected chi connectivity index (χ3v) is 9.62. The smallest absolute Gasteiger partial charge is 0.257 e. The van der Waals surface area contributed by atoms with Crippen molar-refractivity contribution in [3.63, 3.8) is 0 Å². The number of hydrogen-bond acceptors (Lipinski definition) is 9. The highest BCUT2D eigenvalue weighted by Crippen LogP contribution is 2.52. The van der Waals surface area contributed by atoms with Gasteiger partial charge in [-0.2, -0.15) is 0 Å². The molecule has 8 rings (SSSR count). The van der Waals surface area contributed by atoms with Gasteiger partial charge in [-0.25, -0.2) is 24.9 Å². The SMILES string of the molecule is Cc1ncc(-c2nc3c(-c4ccc5c(c4)[C@]4(CCCN4C(=O)C4CC4)C(=O)N5CCN4CCOCC4)ncnc3n2C)cn1. The van der Waals surface area contributed by atoms with Crippen LogP contribution in [-0.2, 0) is 26.9 Å². The lowest BCUT2D eigenvalue weighted by Crippen LogP contribution is -2.53. The Balaban J connectivity index is 1.23. The molecule has 226 valence electrons. The largest absolute Gasteiger partial charge is 0.379 e. The van der Waals surface area contributed by atoms with Crippen LogP contribution in [0.4, 0.5) is 5.69 Å². The third-order valence-electron chi connectivity index (χ3n) is 9.62. The molecule has 1 spiro atoms. The van der Waals surface area contributed by atoms with Crippen molar-refractivity contribution in [2.24, 2.45) is 13.0 Å². The lowest BCUT2D eigenvalue weighted by Gasteiger charge is -2.35. The van der Waals surface area contributed by atoms with Gasteiger partial charge in [0, 0.05) is 74.9 Å². The van der Waals surface area contributed by atoms with Gasteiger partial charge in [0.2, 0.25) is 5.91 Å². The average molecular weight is 594 g/mol. The summed E-state index contributed by atoms with van der Waals surface area (Å²) in [5.41, 5.74) is 4.44. The van der Waals surface area contributed by atoms with Gasteiger partial charge >= 0.3 is 0 Å². The molecule has 12 heteroatoms. The van der Waals surface area contributed by atoms with Crippen molar-refractivity contribution in [2.45, 2.75) is 38.1 Å².